The Balaban J connectivity index is 1.91. The Hall–Kier alpha value is -1.44. The molecule has 3 atom stereocenters. The summed E-state index contributed by atoms with van der Waals surface area (Å²) in [5.74, 6) is -0.197. The van der Waals surface area contributed by atoms with Crippen molar-refractivity contribution < 1.29 is 19.1 Å². The van der Waals surface area contributed by atoms with Crippen LogP contribution in [0.4, 0.5) is 5.69 Å². The predicted octanol–water partition coefficient (Wildman–Crippen LogP) is 3.57. The Bertz CT molecular complexity index is 712. The van der Waals surface area contributed by atoms with Gasteiger partial charge in [-0.1, -0.05) is 13.8 Å². The average molecular weight is 393 g/mol. The molecule has 1 saturated heterocycles. The van der Waals surface area contributed by atoms with Gasteiger partial charge in [-0.15, -0.1) is 0 Å². The lowest BCUT2D eigenvalue weighted by molar-refractivity contribution is -0.184. The molecule has 2 heterocycles. The first-order valence-corrected chi connectivity index (χ1v) is 12.7. The number of rotatable bonds is 5. The summed E-state index contributed by atoms with van der Waals surface area (Å²) >= 11 is 0. The van der Waals surface area contributed by atoms with Crippen molar-refractivity contribution >= 4 is 20.0 Å². The van der Waals surface area contributed by atoms with Gasteiger partial charge in [-0.25, -0.2) is 0 Å². The number of nitrogens with two attached hydrogens (primary N) is 1. The molecule has 1 aliphatic carbocycles. The van der Waals surface area contributed by atoms with E-state index in [0.717, 1.165) is 24.8 Å². The second kappa shape index (κ2) is 6.86. The molecule has 1 saturated carbocycles. The zero-order valence-corrected chi connectivity index (χ0v) is 18.0. The van der Waals surface area contributed by atoms with Gasteiger partial charge < -0.3 is 20.0 Å². The van der Waals surface area contributed by atoms with E-state index in [-0.39, 0.29) is 34.7 Å². The second-order valence-corrected chi connectivity index (χ2v) is 13.8. The minimum absolute atomic E-state index is 0.0784. The van der Waals surface area contributed by atoms with Gasteiger partial charge in [-0.05, 0) is 43.5 Å². The van der Waals surface area contributed by atoms with Crippen LogP contribution in [0.3, 0.4) is 0 Å². The molecular weight excluding hydrogens is 360 g/mol. The third-order valence-electron chi connectivity index (χ3n) is 6.63. The highest BCUT2D eigenvalue weighted by Crippen LogP contribution is 2.60. The number of carbonyl (C=O) groups excluding carboxylic acids is 1. The molecule has 27 heavy (non-hydrogen) atoms. The molecular formula is C20H32N2O4Si. The number of pyridine rings is 1. The van der Waals surface area contributed by atoms with Gasteiger partial charge in [-0.3, -0.25) is 9.78 Å². The minimum Gasteiger partial charge on any atom is -0.462 e. The molecule has 0 bridgehead atoms. The van der Waals surface area contributed by atoms with Crippen molar-refractivity contribution in [3.8, 4) is 0 Å². The van der Waals surface area contributed by atoms with Gasteiger partial charge in [0.15, 0.2) is 8.32 Å². The maximum atomic E-state index is 11.8. The Morgan fingerprint density at radius 3 is 2.67 bits per heavy atom. The summed E-state index contributed by atoms with van der Waals surface area (Å²) in [6, 6.07) is 1.88. The molecule has 7 heteroatoms. The molecule has 2 aliphatic rings. The number of hydrogen-bond donors (Lipinski definition) is 2. The molecule has 0 aromatic carbocycles. The highest BCUT2D eigenvalue weighted by molar-refractivity contribution is 6.72. The van der Waals surface area contributed by atoms with Crippen molar-refractivity contribution in [2.45, 2.75) is 82.4 Å². The molecule has 6 nitrogen and oxygen atoms in total. The zero-order valence-electron chi connectivity index (χ0n) is 17.0. The number of aromatic nitrogens is 1. The Labute approximate surface area is 162 Å². The Kier molecular flexibility index (Phi) is 5.16. The predicted molar refractivity (Wildman–Crippen MR) is 106 cm³/mol. The molecule has 150 valence electrons. The Morgan fingerprint density at radius 2 is 2.15 bits per heavy atom. The summed E-state index contributed by atoms with van der Waals surface area (Å²) in [7, 11) is -2.39. The molecule has 0 radical (unpaired) electrons. The monoisotopic (exact) mass is 392 g/mol. The largest absolute Gasteiger partial charge is 0.462 e. The summed E-state index contributed by atoms with van der Waals surface area (Å²) in [4.78, 5) is 26.7. The van der Waals surface area contributed by atoms with E-state index in [1.54, 1.807) is 12.4 Å². The summed E-state index contributed by atoms with van der Waals surface area (Å²) in [5.41, 5.74) is 7.33. The number of carbonyl (C=O) groups is 1. The number of hydrogen-bond acceptors (Lipinski definition) is 6. The van der Waals surface area contributed by atoms with Gasteiger partial charge in [0.05, 0.1) is 23.6 Å². The smallest absolute Gasteiger partial charge is 0.302 e. The van der Waals surface area contributed by atoms with E-state index in [9.17, 15) is 9.59 Å². The fourth-order valence-electron chi connectivity index (χ4n) is 4.11. The van der Waals surface area contributed by atoms with Crippen molar-refractivity contribution in [3.05, 3.63) is 24.0 Å². The maximum absolute atomic E-state index is 11.8. The van der Waals surface area contributed by atoms with Crippen LogP contribution in [0.15, 0.2) is 18.5 Å². The number of nitrogen functional groups attached to an aromatic ring is 1. The van der Waals surface area contributed by atoms with Crippen LogP contribution < -0.4 is 5.73 Å². The molecule has 0 amide bonds. The molecule has 1 spiro atoms. The highest BCUT2D eigenvalue weighted by Gasteiger charge is 2.60. The molecule has 2 fully saturated rings. The quantitative estimate of drug-likeness (QED) is 0.587. The van der Waals surface area contributed by atoms with Crippen LogP contribution in [0.25, 0.3) is 0 Å². The summed E-state index contributed by atoms with van der Waals surface area (Å²) in [6.45, 7) is 9.63. The molecule has 1 aromatic heterocycles. The fraction of sp³-hybridized carbons (Fsp3) is 0.700. The first kappa shape index (κ1) is 20.3. The van der Waals surface area contributed by atoms with Crippen molar-refractivity contribution in [2.24, 2.45) is 5.92 Å². The van der Waals surface area contributed by atoms with Gasteiger partial charge in [0.25, 0.3) is 0 Å². The maximum Gasteiger partial charge on any atom is 0.302 e. The van der Waals surface area contributed by atoms with Gasteiger partial charge in [0.2, 0.25) is 0 Å². The van der Waals surface area contributed by atoms with Crippen molar-refractivity contribution in [1.29, 1.82) is 0 Å². The van der Waals surface area contributed by atoms with Crippen LogP contribution in [0.5, 0.6) is 0 Å². The molecule has 1 aromatic rings. The average Bonchev–Trinajstić information content (AvgIpc) is 3.29. The summed E-state index contributed by atoms with van der Waals surface area (Å²) < 4.78 is 12.4. The lowest BCUT2D eigenvalue weighted by atomic mass is 9.79. The normalized spacial score (nSPS) is 27.4. The lowest BCUT2D eigenvalue weighted by Gasteiger charge is -2.47. The van der Waals surface area contributed by atoms with Crippen molar-refractivity contribution in [3.63, 3.8) is 0 Å². The highest BCUT2D eigenvalue weighted by atomic mass is 28.4. The minimum atomic E-state index is -2.39. The standard InChI is InChI=1S/C20H32N2O4Si/c1-13(23)25-18-10-17(14-6-9-22-12-16(14)21)26-20(7-8-20)15(18)11-19(2,3)27(4,5)24/h6,9,12,15,17-18,24H,7-8,10-11,21H2,1-5H3/t15-,17+,18+/m0/s1. The van der Waals surface area contributed by atoms with Gasteiger partial charge in [0, 0.05) is 31.0 Å². The van der Waals surface area contributed by atoms with E-state index in [1.165, 1.54) is 6.92 Å². The molecule has 0 unspecified atom stereocenters. The van der Waals surface area contributed by atoms with E-state index >= 15 is 0 Å². The molecule has 3 rings (SSSR count). The Morgan fingerprint density at radius 1 is 1.48 bits per heavy atom. The van der Waals surface area contributed by atoms with Gasteiger partial charge in [-0.2, -0.15) is 0 Å². The number of nitrogens with zero attached hydrogens (tertiary/aromatic N) is 1. The second-order valence-electron chi connectivity index (χ2n) is 9.31. The van der Waals surface area contributed by atoms with Gasteiger partial charge >= 0.3 is 5.97 Å². The van der Waals surface area contributed by atoms with Crippen LogP contribution >= 0.6 is 0 Å². The first-order chi connectivity index (χ1) is 12.5. The van der Waals surface area contributed by atoms with E-state index in [1.807, 2.05) is 19.2 Å². The van der Waals surface area contributed by atoms with Crippen LogP contribution in [0.2, 0.25) is 18.1 Å². The third kappa shape index (κ3) is 4.05. The van der Waals surface area contributed by atoms with Gasteiger partial charge in [0.1, 0.15) is 6.10 Å². The van der Waals surface area contributed by atoms with Crippen LogP contribution in [0.1, 0.15) is 58.1 Å². The summed E-state index contributed by atoms with van der Waals surface area (Å²) in [6.07, 6.45) is 6.13. The fourth-order valence-corrected chi connectivity index (χ4v) is 4.83. The van der Waals surface area contributed by atoms with Crippen LogP contribution in [-0.4, -0.2) is 35.8 Å². The van der Waals surface area contributed by atoms with Crippen molar-refractivity contribution in [2.75, 3.05) is 5.73 Å². The van der Waals surface area contributed by atoms with Crippen LogP contribution in [0, 0.1) is 5.92 Å². The van der Waals surface area contributed by atoms with E-state index < -0.39 is 8.32 Å². The number of esters is 1. The van der Waals surface area contributed by atoms with Crippen LogP contribution in [-0.2, 0) is 14.3 Å². The zero-order chi connectivity index (χ0) is 20.0. The topological polar surface area (TPSA) is 94.7 Å². The van der Waals surface area contributed by atoms with E-state index in [4.69, 9.17) is 15.2 Å². The first-order valence-electron chi connectivity index (χ1n) is 9.72. The molecule has 3 N–H and O–H groups in total. The van der Waals surface area contributed by atoms with Crippen molar-refractivity contribution in [1.82, 2.24) is 4.98 Å². The third-order valence-corrected chi connectivity index (χ3v) is 10.1. The number of ether oxygens (including phenoxy) is 2. The van der Waals surface area contributed by atoms with E-state index in [0.29, 0.717) is 12.1 Å². The van der Waals surface area contributed by atoms with E-state index in [2.05, 4.69) is 18.8 Å². The summed E-state index contributed by atoms with van der Waals surface area (Å²) in [5, 5.41) is -0.211. The SMILES string of the molecule is CC(=O)O[C@@H]1C[C@H](c2ccncc2N)OC2(CC2)[C@H]1CC(C)(C)[Si](C)(C)O. The number of anilines is 1. The molecule has 1 aliphatic heterocycles. The lowest BCUT2D eigenvalue weighted by Crippen LogP contribution is -2.49.